The zero-order valence-electron chi connectivity index (χ0n) is 13.1. The number of halogens is 1. The third kappa shape index (κ3) is 4.81. The lowest BCUT2D eigenvalue weighted by atomic mass is 9.86. The molecule has 1 saturated carbocycles. The molecule has 0 spiro atoms. The Balaban J connectivity index is 1.98. The van der Waals surface area contributed by atoms with Gasteiger partial charge in [-0.15, -0.1) is 11.6 Å². The smallest absolute Gasteiger partial charge is 0.0613 e. The Hall–Kier alpha value is -0.490. The van der Waals surface area contributed by atoms with E-state index in [1.54, 1.807) is 0 Å². The van der Waals surface area contributed by atoms with Gasteiger partial charge in [0.05, 0.1) is 5.38 Å². The molecule has 0 amide bonds. The molecule has 0 radical (unpaired) electrons. The van der Waals surface area contributed by atoms with E-state index in [0.717, 1.165) is 12.3 Å². The molecule has 1 aromatic rings. The molecule has 1 fully saturated rings. The van der Waals surface area contributed by atoms with E-state index in [4.69, 9.17) is 11.6 Å². The van der Waals surface area contributed by atoms with Gasteiger partial charge in [0.1, 0.15) is 0 Å². The van der Waals surface area contributed by atoms with Gasteiger partial charge < -0.3 is 0 Å². The molecule has 0 saturated heterocycles. The number of benzene rings is 1. The number of hydrogen-bond acceptors (Lipinski definition) is 0. The van der Waals surface area contributed by atoms with E-state index in [-0.39, 0.29) is 5.38 Å². The van der Waals surface area contributed by atoms with Gasteiger partial charge in [0.2, 0.25) is 0 Å². The van der Waals surface area contributed by atoms with Crippen LogP contribution in [0.4, 0.5) is 0 Å². The fourth-order valence-corrected chi connectivity index (χ4v) is 3.76. The molecule has 2 rings (SSSR count). The minimum Gasteiger partial charge on any atom is -0.118 e. The second-order valence-corrected chi connectivity index (χ2v) is 7.32. The minimum absolute atomic E-state index is 0.209. The highest BCUT2D eigenvalue weighted by Gasteiger charge is 2.21. The predicted molar refractivity (Wildman–Crippen MR) is 89.4 cm³/mol. The molecule has 1 aromatic carbocycles. The average Bonchev–Trinajstić information content (AvgIpc) is 2.38. The molecule has 0 nitrogen and oxygen atoms in total. The van der Waals surface area contributed by atoms with Crippen LogP contribution in [0.3, 0.4) is 0 Å². The molecule has 1 unspecified atom stereocenters. The Morgan fingerprint density at radius 1 is 0.950 bits per heavy atom. The Bertz CT molecular complexity index is 371. The Kier molecular flexibility index (Phi) is 6.42. The first-order valence-electron chi connectivity index (χ1n) is 8.39. The van der Waals surface area contributed by atoms with Crippen LogP contribution in [0, 0.1) is 11.8 Å². The number of rotatable bonds is 4. The molecular formula is C19H29Cl. The molecule has 0 bridgehead atoms. The van der Waals surface area contributed by atoms with Crippen LogP contribution in [0.25, 0.3) is 0 Å². The normalized spacial score (nSPS) is 19.6. The average molecular weight is 293 g/mol. The van der Waals surface area contributed by atoms with Crippen molar-refractivity contribution in [3.63, 3.8) is 0 Å². The minimum atomic E-state index is 0.209. The first kappa shape index (κ1) is 15.9. The van der Waals surface area contributed by atoms with Crippen molar-refractivity contribution in [1.82, 2.24) is 0 Å². The van der Waals surface area contributed by atoms with Gasteiger partial charge in [-0.1, -0.05) is 70.2 Å². The summed E-state index contributed by atoms with van der Waals surface area (Å²) in [5.74, 6) is 1.39. The van der Waals surface area contributed by atoms with Crippen molar-refractivity contribution in [2.75, 3.05) is 0 Å². The van der Waals surface area contributed by atoms with E-state index in [1.165, 1.54) is 56.1 Å². The summed E-state index contributed by atoms with van der Waals surface area (Å²) in [7, 11) is 0. The summed E-state index contributed by atoms with van der Waals surface area (Å²) in [6.45, 7) is 4.54. The summed E-state index contributed by atoms with van der Waals surface area (Å²) in [4.78, 5) is 0. The van der Waals surface area contributed by atoms with E-state index >= 15 is 0 Å². The van der Waals surface area contributed by atoms with E-state index in [0.29, 0.717) is 5.92 Å². The maximum Gasteiger partial charge on any atom is 0.0613 e. The lowest BCUT2D eigenvalue weighted by Crippen LogP contribution is -2.10. The van der Waals surface area contributed by atoms with Crippen molar-refractivity contribution in [2.24, 2.45) is 11.8 Å². The molecule has 20 heavy (non-hydrogen) atoms. The summed E-state index contributed by atoms with van der Waals surface area (Å²) in [5, 5.41) is 0.209. The second-order valence-electron chi connectivity index (χ2n) is 6.85. The standard InChI is InChI=1S/C19H29Cl/c1-15(2)14-16-10-12-18(13-11-16)19(20)17-8-6-4-3-5-7-9-17/h10-13,15,17,19H,3-9,14H2,1-2H3. The van der Waals surface area contributed by atoms with Gasteiger partial charge in [-0.05, 0) is 42.2 Å². The number of hydrogen-bond donors (Lipinski definition) is 0. The van der Waals surface area contributed by atoms with Crippen LogP contribution in [0.15, 0.2) is 24.3 Å². The van der Waals surface area contributed by atoms with Crippen LogP contribution in [0.2, 0.25) is 0 Å². The van der Waals surface area contributed by atoms with Gasteiger partial charge in [0, 0.05) is 0 Å². The van der Waals surface area contributed by atoms with Crippen molar-refractivity contribution in [3.05, 3.63) is 35.4 Å². The third-order valence-electron chi connectivity index (χ3n) is 4.51. The van der Waals surface area contributed by atoms with Crippen LogP contribution >= 0.6 is 11.6 Å². The van der Waals surface area contributed by atoms with Crippen molar-refractivity contribution in [3.8, 4) is 0 Å². The Morgan fingerprint density at radius 3 is 2.05 bits per heavy atom. The quantitative estimate of drug-likeness (QED) is 0.554. The summed E-state index contributed by atoms with van der Waals surface area (Å²) in [5.41, 5.74) is 2.76. The highest BCUT2D eigenvalue weighted by molar-refractivity contribution is 6.21. The molecule has 1 heteroatoms. The van der Waals surface area contributed by atoms with E-state index in [9.17, 15) is 0 Å². The molecule has 1 aliphatic rings. The fraction of sp³-hybridized carbons (Fsp3) is 0.684. The molecule has 0 heterocycles. The monoisotopic (exact) mass is 292 g/mol. The summed E-state index contributed by atoms with van der Waals surface area (Å²) in [6, 6.07) is 9.06. The van der Waals surface area contributed by atoms with Crippen LogP contribution in [-0.2, 0) is 6.42 Å². The van der Waals surface area contributed by atoms with Crippen LogP contribution < -0.4 is 0 Å². The molecule has 1 atom stereocenters. The highest BCUT2D eigenvalue weighted by atomic mass is 35.5. The van der Waals surface area contributed by atoms with Gasteiger partial charge in [-0.2, -0.15) is 0 Å². The highest BCUT2D eigenvalue weighted by Crippen LogP contribution is 2.37. The van der Waals surface area contributed by atoms with Crippen LogP contribution in [0.1, 0.15) is 75.3 Å². The van der Waals surface area contributed by atoms with Gasteiger partial charge in [0.25, 0.3) is 0 Å². The van der Waals surface area contributed by atoms with Crippen molar-refractivity contribution >= 4 is 11.6 Å². The molecule has 0 aliphatic heterocycles. The van der Waals surface area contributed by atoms with Crippen molar-refractivity contribution in [1.29, 1.82) is 0 Å². The molecule has 1 aliphatic carbocycles. The van der Waals surface area contributed by atoms with Crippen molar-refractivity contribution in [2.45, 2.75) is 70.6 Å². The van der Waals surface area contributed by atoms with Gasteiger partial charge >= 0.3 is 0 Å². The first-order valence-corrected chi connectivity index (χ1v) is 8.83. The zero-order valence-corrected chi connectivity index (χ0v) is 13.8. The summed E-state index contributed by atoms with van der Waals surface area (Å²) < 4.78 is 0. The number of alkyl halides is 1. The summed E-state index contributed by atoms with van der Waals surface area (Å²) >= 11 is 6.77. The largest absolute Gasteiger partial charge is 0.118 e. The van der Waals surface area contributed by atoms with E-state index in [1.807, 2.05) is 0 Å². The van der Waals surface area contributed by atoms with Gasteiger partial charge in [-0.3, -0.25) is 0 Å². The maximum atomic E-state index is 6.77. The van der Waals surface area contributed by atoms with Gasteiger partial charge in [-0.25, -0.2) is 0 Å². The summed E-state index contributed by atoms with van der Waals surface area (Å²) in [6.07, 6.45) is 10.7. The van der Waals surface area contributed by atoms with Crippen LogP contribution in [0.5, 0.6) is 0 Å². The zero-order chi connectivity index (χ0) is 14.4. The second kappa shape index (κ2) is 8.08. The third-order valence-corrected chi connectivity index (χ3v) is 5.11. The molecular weight excluding hydrogens is 264 g/mol. The Morgan fingerprint density at radius 2 is 1.50 bits per heavy atom. The molecule has 112 valence electrons. The SMILES string of the molecule is CC(C)Cc1ccc(C(Cl)C2CCCCCCC2)cc1. The van der Waals surface area contributed by atoms with Crippen LogP contribution in [-0.4, -0.2) is 0 Å². The van der Waals surface area contributed by atoms with Crippen molar-refractivity contribution < 1.29 is 0 Å². The molecule has 0 aromatic heterocycles. The topological polar surface area (TPSA) is 0 Å². The van der Waals surface area contributed by atoms with Gasteiger partial charge in [0.15, 0.2) is 0 Å². The Labute approximate surface area is 129 Å². The maximum absolute atomic E-state index is 6.77. The fourth-order valence-electron chi connectivity index (χ4n) is 3.36. The first-order chi connectivity index (χ1) is 9.66. The van der Waals surface area contributed by atoms with E-state index < -0.39 is 0 Å². The van der Waals surface area contributed by atoms with E-state index in [2.05, 4.69) is 38.1 Å². The lowest BCUT2D eigenvalue weighted by molar-refractivity contribution is 0.368. The predicted octanol–water partition coefficient (Wildman–Crippen LogP) is 6.53. The lowest BCUT2D eigenvalue weighted by Gasteiger charge is -2.24. The molecule has 0 N–H and O–H groups in total.